The Kier molecular flexibility index (Phi) is 8.66. The summed E-state index contributed by atoms with van der Waals surface area (Å²) in [7, 11) is 0. The Morgan fingerprint density at radius 2 is 1.74 bits per heavy atom. The minimum atomic E-state index is -1.61. The van der Waals surface area contributed by atoms with Gasteiger partial charge in [-0.2, -0.15) is 0 Å². The maximum atomic E-state index is 12.6. The van der Waals surface area contributed by atoms with Crippen molar-refractivity contribution in [2.75, 3.05) is 13.2 Å². The SMILES string of the molecule is O=C(NC[C@H]1O[C@@H](n2ccc(=O)[nH]c2=O)[C@H](O)[C@@H]1O)c1cccc(CO[C@@H]2O[C@H](CO)[C@H](O)[C@H](O)[C@H]2O)n1. The van der Waals surface area contributed by atoms with Crippen LogP contribution in [0, 0.1) is 0 Å². The van der Waals surface area contributed by atoms with Crippen LogP contribution in [0.25, 0.3) is 0 Å². The Hall–Kier alpha value is -3.06. The summed E-state index contributed by atoms with van der Waals surface area (Å²) in [6, 6.07) is 5.49. The number of aliphatic hydroxyl groups is 6. The molecular formula is C22H28N4O12. The van der Waals surface area contributed by atoms with Crippen LogP contribution in [-0.4, -0.2) is 113 Å². The van der Waals surface area contributed by atoms with Crippen LogP contribution in [0.4, 0.5) is 0 Å². The molecule has 0 aromatic carbocycles. The number of hydrogen-bond donors (Lipinski definition) is 8. The highest BCUT2D eigenvalue weighted by Gasteiger charge is 2.45. The Morgan fingerprint density at radius 1 is 1.00 bits per heavy atom. The standard InChI is InChI=1S/C22H28N4O12/c27-7-12-15(30)16(31)18(33)21(38-12)36-8-9-2-1-3-10(24-9)19(34)23-6-11-14(29)17(32)20(37-11)26-5-4-13(28)25-22(26)35/h1-5,11-12,14-18,20-21,27,29-33H,6-8H2,(H,23,34)(H,25,28,35)/t11-,12-,14-,15+,16+,17-,18-,20-,21-/m1/s1. The highest BCUT2D eigenvalue weighted by atomic mass is 16.7. The summed E-state index contributed by atoms with van der Waals surface area (Å²) in [4.78, 5) is 42.1. The number of hydrogen-bond acceptors (Lipinski definition) is 13. The summed E-state index contributed by atoms with van der Waals surface area (Å²) < 4.78 is 17.1. The number of amides is 1. The van der Waals surface area contributed by atoms with Gasteiger partial charge in [-0.3, -0.25) is 19.1 Å². The van der Waals surface area contributed by atoms with Gasteiger partial charge in [0.2, 0.25) is 0 Å². The number of carbonyl (C=O) groups is 1. The van der Waals surface area contributed by atoms with Crippen LogP contribution in [0.3, 0.4) is 0 Å². The van der Waals surface area contributed by atoms with Gasteiger partial charge < -0.3 is 50.2 Å². The van der Waals surface area contributed by atoms with E-state index in [2.05, 4.69) is 10.3 Å². The second-order valence-corrected chi connectivity index (χ2v) is 8.80. The van der Waals surface area contributed by atoms with Gasteiger partial charge >= 0.3 is 5.69 Å². The molecule has 2 aromatic heterocycles. The van der Waals surface area contributed by atoms with Gasteiger partial charge in [-0.05, 0) is 12.1 Å². The second kappa shape index (κ2) is 11.8. The third kappa shape index (κ3) is 5.83. The quantitative estimate of drug-likeness (QED) is 0.157. The number of aliphatic hydroxyl groups excluding tert-OH is 6. The van der Waals surface area contributed by atoms with Crippen LogP contribution >= 0.6 is 0 Å². The average molecular weight is 540 g/mol. The molecule has 4 rings (SSSR count). The maximum absolute atomic E-state index is 12.6. The lowest BCUT2D eigenvalue weighted by molar-refractivity contribution is -0.304. The predicted molar refractivity (Wildman–Crippen MR) is 122 cm³/mol. The van der Waals surface area contributed by atoms with E-state index in [9.17, 15) is 45.0 Å². The number of carbonyl (C=O) groups excluding carboxylic acids is 1. The van der Waals surface area contributed by atoms with Crippen molar-refractivity contribution in [2.24, 2.45) is 0 Å². The van der Waals surface area contributed by atoms with Gasteiger partial charge in [-0.25, -0.2) is 9.78 Å². The van der Waals surface area contributed by atoms with E-state index in [1.807, 2.05) is 4.98 Å². The van der Waals surface area contributed by atoms with E-state index in [1.165, 1.54) is 18.2 Å². The van der Waals surface area contributed by atoms with Crippen molar-refractivity contribution in [2.45, 2.75) is 61.9 Å². The molecule has 4 heterocycles. The highest BCUT2D eigenvalue weighted by molar-refractivity contribution is 5.92. The fraction of sp³-hybridized carbons (Fsp3) is 0.545. The van der Waals surface area contributed by atoms with Crippen LogP contribution in [0.5, 0.6) is 0 Å². The first kappa shape index (κ1) is 28.0. The summed E-state index contributed by atoms with van der Waals surface area (Å²) in [6.45, 7) is -1.12. The molecule has 2 saturated heterocycles. The van der Waals surface area contributed by atoms with Gasteiger partial charge in [0.1, 0.15) is 48.4 Å². The number of pyridine rings is 1. The van der Waals surface area contributed by atoms with E-state index in [1.54, 1.807) is 0 Å². The Labute approximate surface area is 213 Å². The molecule has 2 fully saturated rings. The van der Waals surface area contributed by atoms with Crippen molar-refractivity contribution in [1.29, 1.82) is 0 Å². The number of aromatic nitrogens is 3. The van der Waals surface area contributed by atoms with Crippen molar-refractivity contribution >= 4 is 5.91 Å². The number of nitrogens with one attached hydrogen (secondary N) is 2. The monoisotopic (exact) mass is 540 g/mol. The first-order chi connectivity index (χ1) is 18.1. The first-order valence-electron chi connectivity index (χ1n) is 11.6. The summed E-state index contributed by atoms with van der Waals surface area (Å²) in [6.07, 6.45) is -11.5. The van der Waals surface area contributed by atoms with Crippen molar-refractivity contribution < 1.29 is 49.6 Å². The highest BCUT2D eigenvalue weighted by Crippen LogP contribution is 2.28. The number of nitrogens with zero attached hydrogens (tertiary/aromatic N) is 2. The molecular weight excluding hydrogens is 512 g/mol. The second-order valence-electron chi connectivity index (χ2n) is 8.80. The van der Waals surface area contributed by atoms with Crippen molar-refractivity contribution in [3.63, 3.8) is 0 Å². The van der Waals surface area contributed by atoms with E-state index in [0.29, 0.717) is 0 Å². The molecule has 38 heavy (non-hydrogen) atoms. The largest absolute Gasteiger partial charge is 0.394 e. The molecule has 2 aliphatic heterocycles. The Morgan fingerprint density at radius 3 is 2.45 bits per heavy atom. The lowest BCUT2D eigenvalue weighted by atomic mass is 9.99. The summed E-state index contributed by atoms with van der Waals surface area (Å²) in [5.74, 6) is -0.658. The fourth-order valence-corrected chi connectivity index (χ4v) is 4.10. The average Bonchev–Trinajstić information content (AvgIpc) is 3.18. The number of ether oxygens (including phenoxy) is 3. The molecule has 0 spiro atoms. The van der Waals surface area contributed by atoms with Gasteiger partial charge in [0, 0.05) is 18.8 Å². The lowest BCUT2D eigenvalue weighted by Crippen LogP contribution is -2.59. The Balaban J connectivity index is 1.34. The molecule has 16 heteroatoms. The molecule has 16 nitrogen and oxygen atoms in total. The normalized spacial score (nSPS) is 33.3. The molecule has 8 N–H and O–H groups in total. The third-order valence-electron chi connectivity index (χ3n) is 6.21. The molecule has 208 valence electrons. The van der Waals surface area contributed by atoms with Crippen molar-refractivity contribution in [3.05, 3.63) is 62.7 Å². The van der Waals surface area contributed by atoms with E-state index in [0.717, 1.165) is 16.8 Å². The zero-order valence-corrected chi connectivity index (χ0v) is 19.7. The molecule has 0 saturated carbocycles. The van der Waals surface area contributed by atoms with E-state index in [-0.39, 0.29) is 24.5 Å². The molecule has 0 unspecified atom stereocenters. The minimum absolute atomic E-state index is 0.0404. The molecule has 2 aromatic rings. The van der Waals surface area contributed by atoms with Gasteiger partial charge in [-0.15, -0.1) is 0 Å². The Bertz CT molecular complexity index is 1240. The summed E-state index contributed by atoms with van der Waals surface area (Å²) >= 11 is 0. The zero-order valence-electron chi connectivity index (χ0n) is 19.7. The summed E-state index contributed by atoms with van der Waals surface area (Å²) in [5.41, 5.74) is -1.28. The van der Waals surface area contributed by atoms with Gasteiger partial charge in [-0.1, -0.05) is 6.07 Å². The first-order valence-corrected chi connectivity index (χ1v) is 11.6. The molecule has 0 aliphatic carbocycles. The molecule has 1 amide bonds. The van der Waals surface area contributed by atoms with Crippen LogP contribution in [0.15, 0.2) is 40.1 Å². The number of rotatable bonds is 8. The van der Waals surface area contributed by atoms with Crippen molar-refractivity contribution in [1.82, 2.24) is 19.9 Å². The number of aromatic amines is 1. The van der Waals surface area contributed by atoms with Crippen LogP contribution < -0.4 is 16.6 Å². The lowest BCUT2D eigenvalue weighted by Gasteiger charge is -2.39. The molecule has 2 aliphatic rings. The number of H-pyrrole nitrogens is 1. The van der Waals surface area contributed by atoms with Gasteiger partial charge in [0.15, 0.2) is 12.5 Å². The predicted octanol–water partition coefficient (Wildman–Crippen LogP) is -4.70. The van der Waals surface area contributed by atoms with Crippen molar-refractivity contribution in [3.8, 4) is 0 Å². The van der Waals surface area contributed by atoms with Crippen LogP contribution in [0.2, 0.25) is 0 Å². The van der Waals surface area contributed by atoms with Gasteiger partial charge in [0.05, 0.1) is 18.9 Å². The fourth-order valence-electron chi connectivity index (χ4n) is 4.10. The molecule has 0 bridgehead atoms. The van der Waals surface area contributed by atoms with Gasteiger partial charge in [0.25, 0.3) is 11.5 Å². The third-order valence-corrected chi connectivity index (χ3v) is 6.21. The maximum Gasteiger partial charge on any atom is 0.330 e. The zero-order chi connectivity index (χ0) is 27.6. The molecule has 0 radical (unpaired) electrons. The van der Waals surface area contributed by atoms with Crippen LogP contribution in [0.1, 0.15) is 22.4 Å². The van der Waals surface area contributed by atoms with E-state index < -0.39 is 79.0 Å². The van der Waals surface area contributed by atoms with E-state index >= 15 is 0 Å². The van der Waals surface area contributed by atoms with E-state index in [4.69, 9.17) is 14.2 Å². The topological polar surface area (TPSA) is 246 Å². The minimum Gasteiger partial charge on any atom is -0.394 e. The molecule has 9 atom stereocenters. The smallest absolute Gasteiger partial charge is 0.330 e. The van der Waals surface area contributed by atoms with Crippen LogP contribution in [-0.2, 0) is 20.8 Å². The summed E-state index contributed by atoms with van der Waals surface area (Å²) in [5, 5.41) is 62.2.